The van der Waals surface area contributed by atoms with Crippen LogP contribution in [0.4, 0.5) is 0 Å². The van der Waals surface area contributed by atoms with E-state index in [9.17, 15) is 4.79 Å². The molecule has 0 heterocycles. The van der Waals surface area contributed by atoms with Crippen molar-refractivity contribution in [1.82, 2.24) is 5.32 Å². The first-order valence-corrected chi connectivity index (χ1v) is 3.77. The lowest BCUT2D eigenvalue weighted by Gasteiger charge is -2.11. The average molecular weight is 166 g/mol. The quantitative estimate of drug-likeness (QED) is 0.714. The molecule has 0 aromatic heterocycles. The van der Waals surface area contributed by atoms with Gasteiger partial charge in [-0.2, -0.15) is 0 Å². The van der Waals surface area contributed by atoms with Gasteiger partial charge in [-0.05, 0) is 12.5 Å². The van der Waals surface area contributed by atoms with Gasteiger partial charge in [0.2, 0.25) is 5.91 Å². The van der Waals surface area contributed by atoms with Gasteiger partial charge < -0.3 is 5.32 Å². The molecule has 0 unspecified atom stereocenters. The minimum Gasteiger partial charge on any atom is -0.350 e. The fraction of sp³-hybridized carbons (Fsp3) is 0.300. The summed E-state index contributed by atoms with van der Waals surface area (Å²) in [6.45, 7) is -0.831. The highest BCUT2D eigenvalue weighted by molar-refractivity contribution is 5.73. The van der Waals surface area contributed by atoms with E-state index in [4.69, 9.17) is 4.11 Å². The molecule has 1 N–H and O–H groups in total. The van der Waals surface area contributed by atoms with E-state index in [1.165, 1.54) is 0 Å². The number of amides is 1. The van der Waals surface area contributed by atoms with Crippen LogP contribution in [0.1, 0.15) is 29.5 Å². The van der Waals surface area contributed by atoms with Crippen LogP contribution in [0.3, 0.4) is 0 Å². The van der Waals surface area contributed by atoms with Gasteiger partial charge in [-0.1, -0.05) is 30.3 Å². The first kappa shape index (κ1) is 5.36. The Morgan fingerprint density at radius 1 is 1.50 bits per heavy atom. The van der Waals surface area contributed by atoms with E-state index >= 15 is 0 Å². The van der Waals surface area contributed by atoms with E-state index in [1.54, 1.807) is 6.92 Å². The highest BCUT2D eigenvalue weighted by Gasteiger charge is 2.03. The van der Waals surface area contributed by atoms with E-state index in [0.717, 1.165) is 5.56 Å². The largest absolute Gasteiger partial charge is 0.350 e. The smallest absolute Gasteiger partial charge is 0.217 e. The predicted molar refractivity (Wildman–Crippen MR) is 48.7 cm³/mol. The van der Waals surface area contributed by atoms with Gasteiger partial charge in [-0.3, -0.25) is 4.79 Å². The monoisotopic (exact) mass is 166 g/mol. The summed E-state index contributed by atoms with van der Waals surface area (Å²) < 4.78 is 20.7. The molecule has 1 amide bonds. The molecule has 1 rings (SSSR count). The van der Waals surface area contributed by atoms with Gasteiger partial charge in [-0.15, -0.1) is 0 Å². The molecule has 2 heteroatoms. The van der Waals surface area contributed by atoms with Crippen molar-refractivity contribution in [3.8, 4) is 0 Å². The van der Waals surface area contributed by atoms with E-state index in [1.807, 2.05) is 30.3 Å². The van der Waals surface area contributed by atoms with Crippen molar-refractivity contribution < 1.29 is 8.91 Å². The zero-order chi connectivity index (χ0) is 11.5. The van der Waals surface area contributed by atoms with Crippen LogP contribution < -0.4 is 5.32 Å². The Labute approximate surface area is 76.8 Å². The fourth-order valence-electron chi connectivity index (χ4n) is 1.02. The van der Waals surface area contributed by atoms with E-state index < -0.39 is 12.8 Å². The molecule has 0 spiro atoms. The summed E-state index contributed by atoms with van der Waals surface area (Å²) in [4.78, 5) is 11.2. The maximum Gasteiger partial charge on any atom is 0.217 e. The summed E-state index contributed by atoms with van der Waals surface area (Å²) in [5.74, 6) is -0.918. The van der Waals surface area contributed by atoms with Crippen molar-refractivity contribution in [3.05, 3.63) is 35.9 Å². The van der Waals surface area contributed by atoms with Gasteiger partial charge >= 0.3 is 0 Å². The number of rotatable bonds is 2. The minimum atomic E-state index is -2.58. The predicted octanol–water partition coefficient (Wildman–Crippen LogP) is 1.88. The maximum atomic E-state index is 11.2. The molecule has 12 heavy (non-hydrogen) atoms. The SMILES string of the molecule is [2H]C([2H])([2H])C(=O)N[C@@H](C)c1ccccc1. The Morgan fingerprint density at radius 2 is 2.17 bits per heavy atom. The van der Waals surface area contributed by atoms with Crippen molar-refractivity contribution in [2.45, 2.75) is 19.8 Å². The molecule has 0 bridgehead atoms. The average Bonchev–Trinajstić information content (AvgIpc) is 2.17. The number of carbonyl (C=O) groups excluding carboxylic acids is 1. The van der Waals surface area contributed by atoms with E-state index in [0.29, 0.717) is 0 Å². The van der Waals surface area contributed by atoms with Crippen LogP contribution >= 0.6 is 0 Å². The van der Waals surface area contributed by atoms with Crippen LogP contribution in [0.25, 0.3) is 0 Å². The van der Waals surface area contributed by atoms with Gasteiger partial charge in [0.25, 0.3) is 0 Å². The third kappa shape index (κ3) is 2.38. The third-order valence-electron chi connectivity index (χ3n) is 1.65. The highest BCUT2D eigenvalue weighted by atomic mass is 16.1. The first-order chi connectivity index (χ1) is 6.91. The van der Waals surface area contributed by atoms with Crippen molar-refractivity contribution >= 4 is 5.91 Å². The summed E-state index contributed by atoms with van der Waals surface area (Å²) in [6, 6.07) is 8.93. The second-order valence-corrected chi connectivity index (χ2v) is 2.61. The summed E-state index contributed by atoms with van der Waals surface area (Å²) in [7, 11) is 0. The van der Waals surface area contributed by atoms with Gasteiger partial charge in [0.15, 0.2) is 0 Å². The van der Waals surface area contributed by atoms with Crippen LogP contribution in [0.15, 0.2) is 30.3 Å². The first-order valence-electron chi connectivity index (χ1n) is 5.27. The molecule has 0 radical (unpaired) electrons. The van der Waals surface area contributed by atoms with Crippen molar-refractivity contribution in [2.24, 2.45) is 0 Å². The number of hydrogen-bond donors (Lipinski definition) is 1. The number of nitrogens with one attached hydrogen (secondary N) is 1. The van der Waals surface area contributed by atoms with E-state index in [2.05, 4.69) is 5.32 Å². The third-order valence-corrected chi connectivity index (χ3v) is 1.65. The Hall–Kier alpha value is -1.31. The Morgan fingerprint density at radius 3 is 2.75 bits per heavy atom. The molecule has 1 atom stereocenters. The van der Waals surface area contributed by atoms with Gasteiger partial charge in [0, 0.05) is 11.0 Å². The lowest BCUT2D eigenvalue weighted by Crippen LogP contribution is -2.23. The molecule has 0 saturated carbocycles. The Kier molecular flexibility index (Phi) is 1.74. The van der Waals surface area contributed by atoms with Crippen molar-refractivity contribution in [2.75, 3.05) is 0 Å². The second kappa shape index (κ2) is 3.90. The van der Waals surface area contributed by atoms with Crippen LogP contribution in [0.2, 0.25) is 0 Å². The maximum absolute atomic E-state index is 11.2. The summed E-state index contributed by atoms with van der Waals surface area (Å²) in [5, 5.41) is 2.43. The summed E-state index contributed by atoms with van der Waals surface area (Å²) in [5.41, 5.74) is 0.884. The molecule has 2 nitrogen and oxygen atoms in total. The van der Waals surface area contributed by atoms with Gasteiger partial charge in [0.1, 0.15) is 0 Å². The number of carbonyl (C=O) groups is 1. The van der Waals surface area contributed by atoms with Crippen molar-refractivity contribution in [1.29, 1.82) is 0 Å². The molecule has 0 aliphatic carbocycles. The van der Waals surface area contributed by atoms with Crippen molar-refractivity contribution in [3.63, 3.8) is 0 Å². The molecule has 0 aliphatic heterocycles. The molecule has 64 valence electrons. The highest BCUT2D eigenvalue weighted by Crippen LogP contribution is 2.10. The van der Waals surface area contributed by atoms with Gasteiger partial charge in [-0.25, -0.2) is 0 Å². The lowest BCUT2D eigenvalue weighted by molar-refractivity contribution is -0.119. The fourth-order valence-corrected chi connectivity index (χ4v) is 1.02. The molecule has 1 aromatic rings. The molecular weight excluding hydrogens is 150 g/mol. The summed E-state index contributed by atoms with van der Waals surface area (Å²) >= 11 is 0. The molecular formula is C10H13NO. The number of hydrogen-bond acceptors (Lipinski definition) is 1. The zero-order valence-corrected chi connectivity index (χ0v) is 6.87. The Bertz CT molecular complexity index is 334. The normalized spacial score (nSPS) is 16.9. The van der Waals surface area contributed by atoms with E-state index in [-0.39, 0.29) is 6.04 Å². The molecule has 0 fully saturated rings. The molecule has 0 aliphatic rings. The Balaban J connectivity index is 2.65. The second-order valence-electron chi connectivity index (χ2n) is 2.61. The topological polar surface area (TPSA) is 29.1 Å². The standard InChI is InChI=1S/C10H13NO/c1-8(11-9(2)12)10-6-4-3-5-7-10/h3-8H,1-2H3,(H,11,12)/t8-/m0/s1/i2D3. The van der Waals surface area contributed by atoms with Crippen LogP contribution in [0.5, 0.6) is 0 Å². The lowest BCUT2D eigenvalue weighted by atomic mass is 10.1. The van der Waals surface area contributed by atoms with Crippen LogP contribution in [-0.4, -0.2) is 5.91 Å². The molecule has 0 saturated heterocycles. The van der Waals surface area contributed by atoms with Crippen LogP contribution in [-0.2, 0) is 4.79 Å². The van der Waals surface area contributed by atoms with Crippen LogP contribution in [0, 0.1) is 0 Å². The van der Waals surface area contributed by atoms with Gasteiger partial charge in [0.05, 0.1) is 6.04 Å². The zero-order valence-electron chi connectivity index (χ0n) is 9.87. The summed E-state index contributed by atoms with van der Waals surface area (Å²) in [6.07, 6.45) is 0. The minimum absolute atomic E-state index is 0.292. The number of benzene rings is 1. The molecule has 1 aromatic carbocycles.